The van der Waals surface area contributed by atoms with Crippen molar-refractivity contribution >= 4 is 17.7 Å². The normalized spacial score (nSPS) is 17.7. The minimum absolute atomic E-state index is 0.106. The summed E-state index contributed by atoms with van der Waals surface area (Å²) in [6.45, 7) is 0.967. The van der Waals surface area contributed by atoms with Crippen LogP contribution >= 0.6 is 0 Å². The van der Waals surface area contributed by atoms with Gasteiger partial charge in [-0.1, -0.05) is 24.3 Å². The van der Waals surface area contributed by atoms with Crippen molar-refractivity contribution in [2.45, 2.75) is 18.4 Å². The van der Waals surface area contributed by atoms with Crippen LogP contribution in [0.4, 0.5) is 10.5 Å². The van der Waals surface area contributed by atoms with Crippen molar-refractivity contribution in [2.75, 3.05) is 18.4 Å². The number of ether oxygens (including phenoxy) is 1. The number of amides is 2. The number of carbonyl (C=O) groups is 2. The van der Waals surface area contributed by atoms with E-state index >= 15 is 0 Å². The van der Waals surface area contributed by atoms with Gasteiger partial charge in [-0.05, 0) is 24.3 Å². The van der Waals surface area contributed by atoms with E-state index in [2.05, 4.69) is 11.4 Å². The molecule has 0 unspecified atom stereocenters. The number of para-hydroxylation sites is 1. The Bertz CT molecular complexity index is 924. The number of hydrogen-bond donors (Lipinski definition) is 1. The van der Waals surface area contributed by atoms with Gasteiger partial charge >= 0.3 is 6.09 Å². The minimum Gasteiger partial charge on any atom is -0.438 e. The predicted molar refractivity (Wildman–Crippen MR) is 94.5 cm³/mol. The number of nitrogens with zero attached hydrogens (tertiary/aromatic N) is 2. The second-order valence-electron chi connectivity index (χ2n) is 6.54. The summed E-state index contributed by atoms with van der Waals surface area (Å²) in [7, 11) is 0. The molecule has 6 heteroatoms. The molecular formula is C20H17N3O3. The Morgan fingerprint density at radius 2 is 1.92 bits per heavy atom. The topological polar surface area (TPSA) is 82.4 Å². The maximum Gasteiger partial charge on any atom is 0.412 e. The molecule has 1 saturated heterocycles. The third-order valence-corrected chi connectivity index (χ3v) is 5.04. The molecule has 2 amide bonds. The molecule has 1 fully saturated rings. The van der Waals surface area contributed by atoms with Gasteiger partial charge < -0.3 is 9.64 Å². The molecule has 26 heavy (non-hydrogen) atoms. The third-order valence-electron chi connectivity index (χ3n) is 5.04. The molecule has 2 aliphatic heterocycles. The van der Waals surface area contributed by atoms with Gasteiger partial charge in [0.1, 0.15) is 5.60 Å². The molecule has 0 bridgehead atoms. The summed E-state index contributed by atoms with van der Waals surface area (Å²) in [4.78, 5) is 26.5. The monoisotopic (exact) mass is 347 g/mol. The van der Waals surface area contributed by atoms with Crippen LogP contribution in [-0.4, -0.2) is 30.0 Å². The largest absolute Gasteiger partial charge is 0.438 e. The van der Waals surface area contributed by atoms with Gasteiger partial charge in [-0.25, -0.2) is 4.79 Å². The Hall–Kier alpha value is -3.33. The molecule has 2 aliphatic rings. The zero-order valence-corrected chi connectivity index (χ0v) is 14.1. The number of fused-ring (bicyclic) bond motifs is 2. The third kappa shape index (κ3) is 2.68. The maximum absolute atomic E-state index is 12.7. The van der Waals surface area contributed by atoms with E-state index in [0.29, 0.717) is 37.1 Å². The van der Waals surface area contributed by atoms with Crippen molar-refractivity contribution in [3.8, 4) is 6.07 Å². The highest BCUT2D eigenvalue weighted by Gasteiger charge is 2.45. The van der Waals surface area contributed by atoms with Gasteiger partial charge in [0, 0.05) is 37.1 Å². The first-order valence-electron chi connectivity index (χ1n) is 8.50. The second kappa shape index (κ2) is 6.19. The molecule has 6 nitrogen and oxygen atoms in total. The van der Waals surface area contributed by atoms with Crippen molar-refractivity contribution in [2.24, 2.45) is 0 Å². The smallest absolute Gasteiger partial charge is 0.412 e. The molecule has 0 atom stereocenters. The van der Waals surface area contributed by atoms with E-state index in [1.54, 1.807) is 29.2 Å². The van der Waals surface area contributed by atoms with Crippen molar-refractivity contribution in [3.05, 3.63) is 65.2 Å². The summed E-state index contributed by atoms with van der Waals surface area (Å²) in [5.41, 5.74) is 2.00. The lowest BCUT2D eigenvalue weighted by molar-refractivity contribution is -0.0331. The Morgan fingerprint density at radius 3 is 2.69 bits per heavy atom. The second-order valence-corrected chi connectivity index (χ2v) is 6.54. The van der Waals surface area contributed by atoms with Gasteiger partial charge in [0.2, 0.25) is 0 Å². The number of benzene rings is 2. The highest BCUT2D eigenvalue weighted by molar-refractivity contribution is 5.94. The van der Waals surface area contributed by atoms with Gasteiger partial charge in [-0.3, -0.25) is 10.1 Å². The van der Waals surface area contributed by atoms with Gasteiger partial charge in [-0.2, -0.15) is 5.26 Å². The number of piperidine rings is 1. The molecule has 0 radical (unpaired) electrons. The van der Waals surface area contributed by atoms with Gasteiger partial charge in [0.25, 0.3) is 5.91 Å². The van der Waals surface area contributed by atoms with Crippen LogP contribution in [0.5, 0.6) is 0 Å². The average molecular weight is 347 g/mol. The number of nitriles is 1. The standard InChI is InChI=1S/C20H17N3O3/c21-13-14-4-3-5-15(12-14)18(24)23-10-8-20(9-11-23)16-6-1-2-7-17(16)22-19(25)26-20/h1-7,12H,8-11H2,(H,22,25). The first-order valence-corrected chi connectivity index (χ1v) is 8.50. The Morgan fingerprint density at radius 1 is 1.15 bits per heavy atom. The van der Waals surface area contributed by atoms with E-state index in [-0.39, 0.29) is 5.91 Å². The number of hydrogen-bond acceptors (Lipinski definition) is 4. The lowest BCUT2D eigenvalue weighted by Crippen LogP contribution is -2.49. The van der Waals surface area contributed by atoms with Crippen LogP contribution in [0.1, 0.15) is 34.3 Å². The lowest BCUT2D eigenvalue weighted by Gasteiger charge is -2.44. The van der Waals surface area contributed by atoms with Crippen molar-refractivity contribution in [3.63, 3.8) is 0 Å². The van der Waals surface area contributed by atoms with E-state index in [0.717, 1.165) is 11.3 Å². The van der Waals surface area contributed by atoms with Crippen LogP contribution in [0.25, 0.3) is 0 Å². The van der Waals surface area contributed by atoms with E-state index < -0.39 is 11.7 Å². The zero-order chi connectivity index (χ0) is 18.1. The quantitative estimate of drug-likeness (QED) is 0.858. The van der Waals surface area contributed by atoms with Crippen LogP contribution in [0, 0.1) is 11.3 Å². The zero-order valence-electron chi connectivity index (χ0n) is 14.1. The molecule has 1 spiro atoms. The first kappa shape index (κ1) is 16.2. The van der Waals surface area contributed by atoms with E-state index in [1.807, 2.05) is 24.3 Å². The molecule has 2 aromatic carbocycles. The first-order chi connectivity index (χ1) is 12.6. The van der Waals surface area contributed by atoms with Gasteiger partial charge in [0.05, 0.1) is 17.3 Å². The molecule has 0 aliphatic carbocycles. The predicted octanol–water partition coefficient (Wildman–Crippen LogP) is 3.25. The molecule has 2 heterocycles. The fourth-order valence-corrected chi connectivity index (χ4v) is 3.70. The van der Waals surface area contributed by atoms with Crippen LogP contribution in [0.3, 0.4) is 0 Å². The number of anilines is 1. The van der Waals surface area contributed by atoms with Gasteiger partial charge in [0.15, 0.2) is 0 Å². The summed E-state index contributed by atoms with van der Waals surface area (Å²) in [6, 6.07) is 16.4. The molecule has 2 aromatic rings. The molecule has 0 aromatic heterocycles. The fourth-order valence-electron chi connectivity index (χ4n) is 3.70. The average Bonchev–Trinajstić information content (AvgIpc) is 2.68. The fraction of sp³-hybridized carbons (Fsp3) is 0.250. The summed E-state index contributed by atoms with van der Waals surface area (Å²) in [5, 5.41) is 11.7. The van der Waals surface area contributed by atoms with E-state index in [1.165, 1.54) is 0 Å². The van der Waals surface area contributed by atoms with Crippen LogP contribution in [0.15, 0.2) is 48.5 Å². The minimum atomic E-state index is -0.690. The van der Waals surface area contributed by atoms with E-state index in [4.69, 9.17) is 10.00 Å². The highest BCUT2D eigenvalue weighted by Crippen LogP contribution is 2.43. The molecule has 1 N–H and O–H groups in total. The van der Waals surface area contributed by atoms with Crippen molar-refractivity contribution in [1.29, 1.82) is 5.26 Å². The maximum atomic E-state index is 12.7. The molecule has 130 valence electrons. The molecule has 4 rings (SSSR count). The SMILES string of the molecule is N#Cc1cccc(C(=O)N2CCC3(CC2)OC(=O)Nc2ccccc23)c1. The Labute approximate surface area is 151 Å². The van der Waals surface area contributed by atoms with E-state index in [9.17, 15) is 9.59 Å². The molecule has 0 saturated carbocycles. The summed E-state index contributed by atoms with van der Waals surface area (Å²) in [6.07, 6.45) is 0.632. The number of nitrogens with one attached hydrogen (secondary N) is 1. The van der Waals surface area contributed by atoms with Crippen LogP contribution < -0.4 is 5.32 Å². The number of rotatable bonds is 1. The lowest BCUT2D eigenvalue weighted by atomic mass is 9.82. The Balaban J connectivity index is 1.55. The molecular weight excluding hydrogens is 330 g/mol. The Kier molecular flexibility index (Phi) is 3.85. The highest BCUT2D eigenvalue weighted by atomic mass is 16.6. The van der Waals surface area contributed by atoms with Crippen molar-refractivity contribution in [1.82, 2.24) is 4.90 Å². The summed E-state index contributed by atoms with van der Waals surface area (Å²) < 4.78 is 5.68. The number of carbonyl (C=O) groups excluding carboxylic acids is 2. The van der Waals surface area contributed by atoms with Crippen LogP contribution in [0.2, 0.25) is 0 Å². The van der Waals surface area contributed by atoms with Crippen molar-refractivity contribution < 1.29 is 14.3 Å². The summed E-state index contributed by atoms with van der Waals surface area (Å²) >= 11 is 0. The van der Waals surface area contributed by atoms with Crippen LogP contribution in [-0.2, 0) is 10.3 Å². The number of likely N-dealkylation sites (tertiary alicyclic amines) is 1. The summed E-state index contributed by atoms with van der Waals surface area (Å²) in [5.74, 6) is -0.106. The van der Waals surface area contributed by atoms with Gasteiger partial charge in [-0.15, -0.1) is 0 Å².